The Hall–Kier alpha value is -2.42. The van der Waals surface area contributed by atoms with Gasteiger partial charge >= 0.3 is 0 Å². The molecule has 0 radical (unpaired) electrons. The summed E-state index contributed by atoms with van der Waals surface area (Å²) in [5, 5.41) is 22.4. The van der Waals surface area contributed by atoms with Crippen LogP contribution in [0.5, 0.6) is 0 Å². The first kappa shape index (κ1) is 17.9. The zero-order valence-corrected chi connectivity index (χ0v) is 14.4. The van der Waals surface area contributed by atoms with E-state index in [1.165, 1.54) is 30.0 Å². The number of nitrogens with zero attached hydrogens (tertiary/aromatic N) is 4. The maximum Gasteiger partial charge on any atom is 0.271 e. The van der Waals surface area contributed by atoms with Crippen LogP contribution in [0.25, 0.3) is 0 Å². The second kappa shape index (κ2) is 8.44. The predicted molar refractivity (Wildman–Crippen MR) is 92.1 cm³/mol. The fraction of sp³-hybridized carbons (Fsp3) is 0.400. The van der Waals surface area contributed by atoms with E-state index < -0.39 is 4.92 Å². The molecule has 0 aliphatic heterocycles. The number of benzene rings is 1. The van der Waals surface area contributed by atoms with Crippen molar-refractivity contribution in [2.45, 2.75) is 38.4 Å². The van der Waals surface area contributed by atoms with Crippen LogP contribution in [-0.4, -0.2) is 31.3 Å². The molecule has 24 heavy (non-hydrogen) atoms. The molecule has 9 heteroatoms. The number of hydrogen-bond donors (Lipinski definition) is 1. The van der Waals surface area contributed by atoms with Crippen LogP contribution in [0.1, 0.15) is 26.1 Å². The Morgan fingerprint density at radius 2 is 2.17 bits per heavy atom. The fourth-order valence-corrected chi connectivity index (χ4v) is 3.00. The second-order valence-electron chi connectivity index (χ2n) is 5.04. The average Bonchev–Trinajstić information content (AvgIpc) is 2.95. The summed E-state index contributed by atoms with van der Waals surface area (Å²) in [5.41, 5.74) is 0.341. The zero-order chi connectivity index (χ0) is 17.5. The van der Waals surface area contributed by atoms with Crippen molar-refractivity contribution in [3.05, 3.63) is 40.2 Å². The molecule has 0 atom stereocenters. The lowest BCUT2D eigenvalue weighted by Crippen LogP contribution is -2.14. The van der Waals surface area contributed by atoms with E-state index in [0.29, 0.717) is 10.8 Å². The van der Waals surface area contributed by atoms with Gasteiger partial charge in [-0.25, -0.2) is 0 Å². The summed E-state index contributed by atoms with van der Waals surface area (Å²) < 4.78 is 1.99. The molecule has 128 valence electrons. The van der Waals surface area contributed by atoms with Gasteiger partial charge in [0.05, 0.1) is 10.7 Å². The van der Waals surface area contributed by atoms with Gasteiger partial charge in [-0.15, -0.1) is 10.2 Å². The molecule has 2 aromatic rings. The fourth-order valence-electron chi connectivity index (χ4n) is 2.18. The Morgan fingerprint density at radius 1 is 1.38 bits per heavy atom. The maximum absolute atomic E-state index is 12.0. The van der Waals surface area contributed by atoms with E-state index in [4.69, 9.17) is 0 Å². The number of aromatic nitrogens is 3. The molecular formula is C15H19N5O3S. The van der Waals surface area contributed by atoms with Crippen molar-refractivity contribution >= 4 is 29.0 Å². The number of carbonyl (C=O) groups is 1. The third-order valence-corrected chi connectivity index (χ3v) is 4.22. The summed E-state index contributed by atoms with van der Waals surface area (Å²) in [4.78, 5) is 22.3. The van der Waals surface area contributed by atoms with Crippen molar-refractivity contribution in [1.29, 1.82) is 0 Å². The van der Waals surface area contributed by atoms with Crippen LogP contribution in [-0.2, 0) is 17.8 Å². The van der Waals surface area contributed by atoms with Gasteiger partial charge in [0.15, 0.2) is 5.16 Å². The van der Waals surface area contributed by atoms with Crippen LogP contribution >= 0.6 is 11.8 Å². The van der Waals surface area contributed by atoms with Crippen LogP contribution in [0.4, 0.5) is 11.4 Å². The number of nitro benzene ring substituents is 1. The van der Waals surface area contributed by atoms with Crippen molar-refractivity contribution < 1.29 is 9.72 Å². The molecule has 0 fully saturated rings. The average molecular weight is 349 g/mol. The number of aryl methyl sites for hydroxylation is 1. The quantitative estimate of drug-likeness (QED) is 0.446. The smallest absolute Gasteiger partial charge is 0.271 e. The molecule has 0 unspecified atom stereocenters. The second-order valence-corrected chi connectivity index (χ2v) is 5.98. The Balaban J connectivity index is 1.96. The zero-order valence-electron chi connectivity index (χ0n) is 13.6. The Morgan fingerprint density at radius 3 is 2.83 bits per heavy atom. The van der Waals surface area contributed by atoms with Gasteiger partial charge in [-0.2, -0.15) is 0 Å². The number of amides is 1. The van der Waals surface area contributed by atoms with Crippen LogP contribution in [0.3, 0.4) is 0 Å². The number of non-ortho nitro benzene ring substituents is 1. The third kappa shape index (κ3) is 4.54. The minimum atomic E-state index is -0.497. The molecule has 0 saturated heterocycles. The number of thioether (sulfide) groups is 1. The molecule has 2 rings (SSSR count). The molecule has 1 amide bonds. The first-order valence-corrected chi connectivity index (χ1v) is 8.62. The van der Waals surface area contributed by atoms with Crippen molar-refractivity contribution in [1.82, 2.24) is 14.8 Å². The number of rotatable bonds is 8. The van der Waals surface area contributed by atoms with E-state index in [1.54, 1.807) is 6.07 Å². The van der Waals surface area contributed by atoms with E-state index in [-0.39, 0.29) is 17.3 Å². The highest BCUT2D eigenvalue weighted by Crippen LogP contribution is 2.20. The van der Waals surface area contributed by atoms with Gasteiger partial charge in [-0.05, 0) is 19.4 Å². The molecule has 0 bridgehead atoms. The molecule has 0 aliphatic carbocycles. The van der Waals surface area contributed by atoms with Gasteiger partial charge in [-0.3, -0.25) is 14.9 Å². The Bertz CT molecular complexity index is 732. The molecule has 1 aromatic heterocycles. The van der Waals surface area contributed by atoms with Crippen molar-refractivity contribution in [3.63, 3.8) is 0 Å². The predicted octanol–water partition coefficient (Wildman–Crippen LogP) is 2.89. The normalized spacial score (nSPS) is 10.6. The minimum absolute atomic E-state index is 0.0598. The van der Waals surface area contributed by atoms with E-state index in [1.807, 2.05) is 11.5 Å². The molecule has 1 heterocycles. The summed E-state index contributed by atoms with van der Waals surface area (Å²) in [6.07, 6.45) is 1.83. The molecule has 0 aliphatic rings. The van der Waals surface area contributed by atoms with Crippen molar-refractivity contribution in [2.75, 3.05) is 11.1 Å². The largest absolute Gasteiger partial charge is 0.325 e. The van der Waals surface area contributed by atoms with Crippen molar-refractivity contribution in [2.24, 2.45) is 0 Å². The summed E-state index contributed by atoms with van der Waals surface area (Å²) in [7, 11) is 0. The van der Waals surface area contributed by atoms with Gasteiger partial charge in [0, 0.05) is 30.8 Å². The molecular weight excluding hydrogens is 330 g/mol. The van der Waals surface area contributed by atoms with Gasteiger partial charge < -0.3 is 9.88 Å². The summed E-state index contributed by atoms with van der Waals surface area (Å²) in [6, 6.07) is 5.86. The van der Waals surface area contributed by atoms with E-state index >= 15 is 0 Å². The summed E-state index contributed by atoms with van der Waals surface area (Å²) in [5.74, 6) is 0.831. The van der Waals surface area contributed by atoms with Crippen molar-refractivity contribution in [3.8, 4) is 0 Å². The summed E-state index contributed by atoms with van der Waals surface area (Å²) in [6.45, 7) is 4.83. The third-order valence-electron chi connectivity index (χ3n) is 3.26. The molecule has 1 N–H and O–H groups in total. The van der Waals surface area contributed by atoms with E-state index in [9.17, 15) is 14.9 Å². The molecule has 8 nitrogen and oxygen atoms in total. The topological polar surface area (TPSA) is 103 Å². The number of nitro groups is 1. The molecule has 0 spiro atoms. The number of hydrogen-bond acceptors (Lipinski definition) is 6. The first-order valence-electron chi connectivity index (χ1n) is 7.64. The number of carbonyl (C=O) groups excluding carboxylic acids is 1. The van der Waals surface area contributed by atoms with E-state index in [0.717, 1.165) is 25.2 Å². The van der Waals surface area contributed by atoms with Crippen LogP contribution in [0.15, 0.2) is 29.4 Å². The number of nitrogens with one attached hydrogen (secondary N) is 1. The minimum Gasteiger partial charge on any atom is -0.325 e. The lowest BCUT2D eigenvalue weighted by molar-refractivity contribution is -0.384. The highest BCUT2D eigenvalue weighted by atomic mass is 32.2. The van der Waals surface area contributed by atoms with Crippen LogP contribution in [0, 0.1) is 10.1 Å². The van der Waals surface area contributed by atoms with Crippen LogP contribution < -0.4 is 5.32 Å². The first-order chi connectivity index (χ1) is 11.5. The standard InChI is InChI=1S/C15H19N5O3S/c1-3-6-13-17-18-15(19(13)4-2)24-10-14(21)16-11-7-5-8-12(9-11)20(22)23/h5,7-9H,3-4,6,10H2,1-2H3,(H,16,21). The van der Waals surface area contributed by atoms with Crippen LogP contribution in [0.2, 0.25) is 0 Å². The Labute approximate surface area is 143 Å². The van der Waals surface area contributed by atoms with Gasteiger partial charge in [0.1, 0.15) is 5.82 Å². The lowest BCUT2D eigenvalue weighted by Gasteiger charge is -2.07. The monoisotopic (exact) mass is 349 g/mol. The summed E-state index contributed by atoms with van der Waals surface area (Å²) >= 11 is 1.30. The molecule has 1 aromatic carbocycles. The van der Waals surface area contributed by atoms with Gasteiger partial charge in [0.2, 0.25) is 5.91 Å². The highest BCUT2D eigenvalue weighted by molar-refractivity contribution is 7.99. The van der Waals surface area contributed by atoms with E-state index in [2.05, 4.69) is 22.4 Å². The number of anilines is 1. The Kier molecular flexibility index (Phi) is 6.30. The SMILES string of the molecule is CCCc1nnc(SCC(=O)Nc2cccc([N+](=O)[O-])c2)n1CC. The lowest BCUT2D eigenvalue weighted by atomic mass is 10.3. The van der Waals surface area contributed by atoms with Gasteiger partial charge in [-0.1, -0.05) is 24.8 Å². The van der Waals surface area contributed by atoms with Gasteiger partial charge in [0.25, 0.3) is 5.69 Å². The maximum atomic E-state index is 12.0. The molecule has 0 saturated carbocycles. The highest BCUT2D eigenvalue weighted by Gasteiger charge is 2.13.